The summed E-state index contributed by atoms with van der Waals surface area (Å²) in [6, 6.07) is 22.8. The maximum atomic E-state index is 3.44. The summed E-state index contributed by atoms with van der Waals surface area (Å²) in [6.07, 6.45) is 0. The van der Waals surface area contributed by atoms with Gasteiger partial charge in [-0.25, -0.2) is 0 Å². The quantitative estimate of drug-likeness (QED) is 0.562. The third-order valence-electron chi connectivity index (χ3n) is 4.65. The molecule has 3 aromatic carbocycles. The van der Waals surface area contributed by atoms with E-state index in [1.54, 1.807) is 0 Å². The van der Waals surface area contributed by atoms with Crippen LogP contribution in [0.3, 0.4) is 0 Å². The first-order valence-corrected chi connectivity index (χ1v) is 7.44. The minimum Gasteiger partial charge on any atom is -0.333 e. The van der Waals surface area contributed by atoms with Gasteiger partial charge in [-0.1, -0.05) is 34.9 Å². The zero-order valence-corrected chi connectivity index (χ0v) is 12.5. The minimum absolute atomic E-state index is 1.19. The number of para-hydroxylation sites is 1. The average molecular weight is 285 g/mol. The lowest BCUT2D eigenvalue weighted by atomic mass is 10.0. The van der Waals surface area contributed by atoms with Crippen molar-refractivity contribution in [1.82, 2.24) is 4.58 Å². The first kappa shape index (κ1) is 11.7. The molecule has 0 aliphatic carbocycles. The Labute approximate surface area is 128 Å². The van der Waals surface area contributed by atoms with Crippen LogP contribution in [0.5, 0.6) is 0 Å². The van der Waals surface area contributed by atoms with Gasteiger partial charge in [-0.05, 0) is 22.1 Å². The standard InChI is InChI=1S/C19H15N3/c1-20-12-22-17-11-10-13-6-3-4-7-14(13)18(17)21(2)16-9-5-8-15(20)19(16)22/h3-11H,1-2H3/q+2. The molecular formula is C19H15N3+2. The van der Waals surface area contributed by atoms with Crippen LogP contribution in [0.2, 0.25) is 0 Å². The van der Waals surface area contributed by atoms with Gasteiger partial charge in [-0.2, -0.15) is 0 Å². The molecule has 0 saturated heterocycles. The van der Waals surface area contributed by atoms with Crippen molar-refractivity contribution in [3.63, 3.8) is 0 Å². The van der Waals surface area contributed by atoms with Crippen molar-refractivity contribution in [3.8, 4) is 0 Å². The second-order valence-corrected chi connectivity index (χ2v) is 5.85. The Morgan fingerprint density at radius 3 is 2.68 bits per heavy atom. The Morgan fingerprint density at radius 1 is 0.909 bits per heavy atom. The molecule has 22 heavy (non-hydrogen) atoms. The highest BCUT2D eigenvalue weighted by Gasteiger charge is 2.43. The smallest absolute Gasteiger partial charge is 0.333 e. The second kappa shape index (κ2) is 3.85. The fourth-order valence-electron chi connectivity index (χ4n) is 3.62. The minimum atomic E-state index is 1.19. The third-order valence-corrected chi connectivity index (χ3v) is 4.65. The molecule has 0 atom stereocenters. The molecule has 104 valence electrons. The summed E-state index contributed by atoms with van der Waals surface area (Å²) in [4.78, 5) is 2.30. The molecule has 0 spiro atoms. The third kappa shape index (κ3) is 1.27. The average Bonchev–Trinajstić information content (AvgIpc) is 2.90. The van der Waals surface area contributed by atoms with E-state index in [4.69, 9.17) is 0 Å². The summed E-state index contributed by atoms with van der Waals surface area (Å²) >= 11 is 0. The summed E-state index contributed by atoms with van der Waals surface area (Å²) in [5, 5.41) is 2.54. The van der Waals surface area contributed by atoms with E-state index in [1.165, 1.54) is 39.2 Å². The molecule has 0 fully saturated rings. The highest BCUT2D eigenvalue weighted by molar-refractivity contribution is 6.07. The van der Waals surface area contributed by atoms with Gasteiger partial charge in [0.1, 0.15) is 11.4 Å². The van der Waals surface area contributed by atoms with Gasteiger partial charge < -0.3 is 4.90 Å². The Bertz CT molecular complexity index is 1040. The normalized spacial score (nSPS) is 14.5. The van der Waals surface area contributed by atoms with E-state index in [0.717, 1.165) is 0 Å². The maximum absolute atomic E-state index is 3.44. The highest BCUT2D eigenvalue weighted by Crippen LogP contribution is 2.51. The predicted molar refractivity (Wildman–Crippen MR) is 90.8 cm³/mol. The van der Waals surface area contributed by atoms with Crippen molar-refractivity contribution >= 4 is 45.2 Å². The Balaban J connectivity index is 1.97. The van der Waals surface area contributed by atoms with E-state index >= 15 is 0 Å². The number of rotatable bonds is 0. The van der Waals surface area contributed by atoms with Crippen LogP contribution >= 0.6 is 0 Å². The summed E-state index contributed by atoms with van der Waals surface area (Å²) in [7, 11) is 4.20. The van der Waals surface area contributed by atoms with Crippen molar-refractivity contribution in [3.05, 3.63) is 54.6 Å². The molecule has 0 radical (unpaired) electrons. The summed E-state index contributed by atoms with van der Waals surface area (Å²) < 4.78 is 4.25. The van der Waals surface area contributed by atoms with Crippen LogP contribution in [0, 0.1) is 0 Å². The Kier molecular flexibility index (Phi) is 2.05. The molecule has 2 aliphatic heterocycles. The summed E-state index contributed by atoms with van der Waals surface area (Å²) in [6.45, 7) is 0. The first-order valence-electron chi connectivity index (χ1n) is 7.44. The lowest BCUT2D eigenvalue weighted by Gasteiger charge is -2.25. The lowest BCUT2D eigenvalue weighted by Crippen LogP contribution is -2.20. The SMILES string of the molecule is CN1c2cccc3c2[N+](=C=[N+]3C)c2ccc3ccccc3c21. The highest BCUT2D eigenvalue weighted by atomic mass is 15.3. The monoisotopic (exact) mass is 285 g/mol. The topological polar surface area (TPSA) is 9.26 Å². The first-order chi connectivity index (χ1) is 10.8. The number of hydrogen-bond acceptors (Lipinski definition) is 1. The molecular weight excluding hydrogens is 270 g/mol. The molecule has 0 N–H and O–H groups in total. The summed E-state index contributed by atoms with van der Waals surface area (Å²) in [5.41, 5.74) is 6.06. The van der Waals surface area contributed by atoms with E-state index in [2.05, 4.69) is 88.8 Å². The molecule has 5 rings (SSSR count). The maximum Gasteiger partial charge on any atom is 0.496 e. The Hall–Kier alpha value is -2.90. The van der Waals surface area contributed by atoms with Crippen LogP contribution in [0.1, 0.15) is 0 Å². The molecule has 0 bridgehead atoms. The van der Waals surface area contributed by atoms with Gasteiger partial charge in [0.2, 0.25) is 0 Å². The van der Waals surface area contributed by atoms with Gasteiger partial charge in [0, 0.05) is 24.6 Å². The zero-order chi connectivity index (χ0) is 14.8. The second-order valence-electron chi connectivity index (χ2n) is 5.85. The summed E-state index contributed by atoms with van der Waals surface area (Å²) in [5.74, 6) is 0. The molecule has 0 unspecified atom stereocenters. The molecule has 3 heteroatoms. The molecule has 0 saturated carbocycles. The van der Waals surface area contributed by atoms with E-state index in [1.807, 2.05) is 0 Å². The van der Waals surface area contributed by atoms with Crippen LogP contribution in [-0.4, -0.2) is 24.7 Å². The van der Waals surface area contributed by atoms with Gasteiger partial charge in [0.15, 0.2) is 7.05 Å². The number of fused-ring (bicyclic) bond motifs is 4. The van der Waals surface area contributed by atoms with Crippen molar-refractivity contribution in [2.45, 2.75) is 0 Å². The number of nitrogens with zero attached hydrogens (tertiary/aromatic N) is 3. The van der Waals surface area contributed by atoms with Gasteiger partial charge >= 0.3 is 11.7 Å². The Morgan fingerprint density at radius 2 is 1.77 bits per heavy atom. The van der Waals surface area contributed by atoms with Crippen LogP contribution in [0.15, 0.2) is 54.6 Å². The van der Waals surface area contributed by atoms with Gasteiger partial charge in [0.25, 0.3) is 11.4 Å². The molecule has 2 aliphatic rings. The van der Waals surface area contributed by atoms with Crippen molar-refractivity contribution < 1.29 is 4.58 Å². The molecule has 3 aromatic rings. The van der Waals surface area contributed by atoms with Crippen molar-refractivity contribution in [2.24, 2.45) is 0 Å². The molecule has 0 amide bonds. The van der Waals surface area contributed by atoms with Crippen LogP contribution in [-0.2, 0) is 0 Å². The van der Waals surface area contributed by atoms with Crippen LogP contribution < -0.4 is 9.48 Å². The van der Waals surface area contributed by atoms with Crippen molar-refractivity contribution in [1.29, 1.82) is 0 Å². The predicted octanol–water partition coefficient (Wildman–Crippen LogP) is 4.22. The fourth-order valence-corrected chi connectivity index (χ4v) is 3.62. The van der Waals surface area contributed by atoms with Crippen LogP contribution in [0.4, 0.5) is 28.4 Å². The molecule has 3 nitrogen and oxygen atoms in total. The number of anilines is 2. The van der Waals surface area contributed by atoms with Crippen LogP contribution in [0.25, 0.3) is 10.8 Å². The van der Waals surface area contributed by atoms with Gasteiger partial charge in [0.05, 0.1) is 0 Å². The lowest BCUT2D eigenvalue weighted by molar-refractivity contribution is -0.394. The zero-order valence-electron chi connectivity index (χ0n) is 12.5. The van der Waals surface area contributed by atoms with E-state index in [-0.39, 0.29) is 0 Å². The number of benzene rings is 3. The van der Waals surface area contributed by atoms with Gasteiger partial charge in [-0.15, -0.1) is 0 Å². The molecule has 0 aromatic heterocycles. The van der Waals surface area contributed by atoms with E-state index in [0.29, 0.717) is 0 Å². The van der Waals surface area contributed by atoms with Gasteiger partial charge in [-0.3, -0.25) is 0 Å². The molecule has 2 heterocycles. The van der Waals surface area contributed by atoms with E-state index < -0.39 is 0 Å². The fraction of sp³-hybridized carbons (Fsp3) is 0.105. The largest absolute Gasteiger partial charge is 0.496 e. The number of hydrogen-bond donors (Lipinski definition) is 0. The van der Waals surface area contributed by atoms with E-state index in [9.17, 15) is 0 Å². The van der Waals surface area contributed by atoms with Crippen molar-refractivity contribution in [2.75, 3.05) is 19.0 Å².